The minimum Gasteiger partial charge on any atom is -0.444 e. The van der Waals surface area contributed by atoms with Crippen LogP contribution in [0.3, 0.4) is 0 Å². The van der Waals surface area contributed by atoms with Crippen molar-refractivity contribution in [2.24, 2.45) is 0 Å². The molecule has 0 fully saturated rings. The molecule has 0 saturated carbocycles. The standard InChI is InChI=1S/C12H10BrN3OS/c13-11-7-6-10(17-11)8-14-16-12(18)15-9-4-2-1-3-5-9/h1-8H,(H2,15,16,18)/p+1. The number of hydrazine groups is 1. The molecule has 0 atom stereocenters. The predicted octanol–water partition coefficient (Wildman–Crippen LogP) is 1.44. The average molecular weight is 325 g/mol. The predicted molar refractivity (Wildman–Crippen MR) is 78.3 cm³/mol. The molecule has 0 spiro atoms. The van der Waals surface area contributed by atoms with Crippen molar-refractivity contribution in [3.8, 4) is 0 Å². The molecule has 0 amide bonds. The van der Waals surface area contributed by atoms with Gasteiger partial charge in [-0.2, -0.15) is 0 Å². The molecule has 1 aromatic heterocycles. The van der Waals surface area contributed by atoms with Crippen molar-refractivity contribution < 1.29 is 9.52 Å². The first-order chi connectivity index (χ1) is 8.74. The Morgan fingerprint density at radius 3 is 2.67 bits per heavy atom. The van der Waals surface area contributed by atoms with Gasteiger partial charge in [0, 0.05) is 5.69 Å². The van der Waals surface area contributed by atoms with Crippen molar-refractivity contribution in [2.75, 3.05) is 5.32 Å². The van der Waals surface area contributed by atoms with Gasteiger partial charge in [-0.1, -0.05) is 18.2 Å². The number of hydrazone groups is 1. The van der Waals surface area contributed by atoms with Crippen LogP contribution in [0.5, 0.6) is 0 Å². The van der Waals surface area contributed by atoms with Crippen LogP contribution in [-0.4, -0.2) is 11.3 Å². The van der Waals surface area contributed by atoms with Crippen LogP contribution in [-0.2, 0) is 0 Å². The van der Waals surface area contributed by atoms with Crippen LogP contribution in [0.2, 0.25) is 0 Å². The average Bonchev–Trinajstić information content (AvgIpc) is 2.76. The van der Waals surface area contributed by atoms with Crippen molar-refractivity contribution in [3.05, 3.63) is 52.9 Å². The molecule has 18 heavy (non-hydrogen) atoms. The van der Waals surface area contributed by atoms with Gasteiger partial charge in [0.1, 0.15) is 0 Å². The van der Waals surface area contributed by atoms with E-state index in [0.29, 0.717) is 15.5 Å². The molecule has 0 aliphatic rings. The fourth-order valence-electron chi connectivity index (χ4n) is 1.26. The molecule has 1 aromatic carbocycles. The minimum absolute atomic E-state index is 0.475. The summed E-state index contributed by atoms with van der Waals surface area (Å²) in [7, 11) is 0. The van der Waals surface area contributed by atoms with Gasteiger partial charge in [-0.15, -0.1) is 10.5 Å². The van der Waals surface area contributed by atoms with Gasteiger partial charge in [0.2, 0.25) is 11.3 Å². The first-order valence-corrected chi connectivity index (χ1v) is 6.40. The Hall–Kier alpha value is -1.66. The second-order valence-electron chi connectivity index (χ2n) is 3.38. The smallest absolute Gasteiger partial charge is 0.233 e. The lowest BCUT2D eigenvalue weighted by molar-refractivity contribution is -0.499. The Kier molecular flexibility index (Phi) is 4.49. The van der Waals surface area contributed by atoms with Crippen molar-refractivity contribution in [1.82, 2.24) is 5.43 Å². The number of rotatable bonds is 3. The second-order valence-corrected chi connectivity index (χ2v) is 4.57. The van der Waals surface area contributed by atoms with E-state index < -0.39 is 0 Å². The molecule has 6 heteroatoms. The third-order valence-corrected chi connectivity index (χ3v) is 2.66. The fourth-order valence-corrected chi connectivity index (χ4v) is 1.76. The summed E-state index contributed by atoms with van der Waals surface area (Å²) >= 11 is 8.34. The zero-order chi connectivity index (χ0) is 12.8. The molecule has 4 nitrogen and oxygen atoms in total. The molecule has 3 N–H and O–H groups in total. The van der Waals surface area contributed by atoms with Gasteiger partial charge in [0.25, 0.3) is 0 Å². The number of halogens is 1. The molecule has 2 rings (SSSR count). The number of hydrogen-bond donors (Lipinski definition) is 3. The lowest BCUT2D eigenvalue weighted by Crippen LogP contribution is -2.82. The van der Waals surface area contributed by atoms with Gasteiger partial charge in [0.05, 0.1) is 0 Å². The highest BCUT2D eigenvalue weighted by molar-refractivity contribution is 9.10. The van der Waals surface area contributed by atoms with Crippen LogP contribution in [0.25, 0.3) is 0 Å². The van der Waals surface area contributed by atoms with Crippen LogP contribution in [0.15, 0.2) is 51.6 Å². The summed E-state index contributed by atoms with van der Waals surface area (Å²) in [5.41, 5.74) is 3.76. The van der Waals surface area contributed by atoms with Gasteiger partial charge in [-0.25, -0.2) is 0 Å². The largest absolute Gasteiger partial charge is 0.444 e. The zero-order valence-corrected chi connectivity index (χ0v) is 11.7. The Labute approximate surface area is 118 Å². The third kappa shape index (κ3) is 3.97. The first-order valence-electron chi connectivity index (χ1n) is 5.20. The fraction of sp³-hybridized carbons (Fsp3) is 0. The molecular formula is C12H11BrN3OS+. The molecule has 0 saturated heterocycles. The molecule has 2 aromatic rings. The van der Waals surface area contributed by atoms with E-state index in [4.69, 9.17) is 16.6 Å². The summed E-state index contributed by atoms with van der Waals surface area (Å²) in [5.74, 6) is 0.692. The van der Waals surface area contributed by atoms with Gasteiger partial charge >= 0.3 is 0 Å². The van der Waals surface area contributed by atoms with E-state index in [1.54, 1.807) is 6.21 Å². The molecule has 0 aliphatic carbocycles. The molecule has 0 aliphatic heterocycles. The first kappa shape index (κ1) is 12.8. The van der Waals surface area contributed by atoms with Gasteiger partial charge in [0.15, 0.2) is 10.4 Å². The maximum Gasteiger partial charge on any atom is 0.233 e. The number of benzene rings is 1. The van der Waals surface area contributed by atoms with Crippen molar-refractivity contribution in [3.63, 3.8) is 0 Å². The van der Waals surface area contributed by atoms with Gasteiger partial charge in [-0.3, -0.25) is 0 Å². The van der Waals surface area contributed by atoms with Crippen LogP contribution in [0, 0.1) is 0 Å². The highest BCUT2D eigenvalue weighted by Crippen LogP contribution is 2.11. The van der Waals surface area contributed by atoms with Gasteiger partial charge < -0.3 is 9.73 Å². The second kappa shape index (κ2) is 6.32. The number of nitrogens with one attached hydrogen (secondary N) is 3. The van der Waals surface area contributed by atoms with Crippen molar-refractivity contribution in [1.29, 1.82) is 0 Å². The molecule has 0 radical (unpaired) electrons. The third-order valence-electron chi connectivity index (χ3n) is 2.03. The Bertz CT molecular complexity index is 553. The maximum absolute atomic E-state index is 5.28. The topological polar surface area (TPSA) is 51.2 Å². The van der Waals surface area contributed by atoms with Crippen LogP contribution in [0.4, 0.5) is 5.69 Å². The molecule has 1 heterocycles. The summed E-state index contributed by atoms with van der Waals surface area (Å²) < 4.78 is 5.96. The monoisotopic (exact) mass is 324 g/mol. The number of furan rings is 1. The van der Waals surface area contributed by atoms with Crippen LogP contribution in [0.1, 0.15) is 5.76 Å². The lowest BCUT2D eigenvalue weighted by Gasteiger charge is -2.02. The number of thiocarbonyl (C=S) groups is 1. The summed E-state index contributed by atoms with van der Waals surface area (Å²) in [5, 5.41) is 6.35. The van der Waals surface area contributed by atoms with Crippen molar-refractivity contribution in [2.45, 2.75) is 0 Å². The summed E-state index contributed by atoms with van der Waals surface area (Å²) in [4.78, 5) is 0. The van der Waals surface area contributed by atoms with E-state index in [9.17, 15) is 0 Å². The number of anilines is 1. The Morgan fingerprint density at radius 2 is 2.00 bits per heavy atom. The molecular weight excluding hydrogens is 314 g/mol. The molecule has 0 bridgehead atoms. The minimum atomic E-state index is 0.475. The Morgan fingerprint density at radius 1 is 1.22 bits per heavy atom. The number of para-hydroxylation sites is 1. The van der Waals surface area contributed by atoms with E-state index in [2.05, 4.69) is 31.8 Å². The van der Waals surface area contributed by atoms with Crippen LogP contribution < -0.4 is 15.8 Å². The summed E-state index contributed by atoms with van der Waals surface area (Å²) in [6, 6.07) is 13.3. The zero-order valence-electron chi connectivity index (χ0n) is 9.31. The molecule has 0 unspecified atom stereocenters. The van der Waals surface area contributed by atoms with E-state index >= 15 is 0 Å². The lowest BCUT2D eigenvalue weighted by atomic mass is 10.3. The highest BCUT2D eigenvalue weighted by Gasteiger charge is 2.00. The summed E-state index contributed by atoms with van der Waals surface area (Å²) in [6.07, 6.45) is 1.67. The van der Waals surface area contributed by atoms with Crippen molar-refractivity contribution >= 4 is 45.2 Å². The number of hydrogen-bond acceptors (Lipinski definition) is 2. The van der Waals surface area contributed by atoms with E-state index in [0.717, 1.165) is 5.69 Å². The summed E-state index contributed by atoms with van der Waals surface area (Å²) in [6.45, 7) is 0. The Balaban J connectivity index is 1.83. The van der Waals surface area contributed by atoms with Crippen LogP contribution >= 0.6 is 28.1 Å². The maximum atomic E-state index is 5.28. The van der Waals surface area contributed by atoms with E-state index in [1.165, 1.54) is 0 Å². The van der Waals surface area contributed by atoms with E-state index in [1.807, 2.05) is 42.5 Å². The quantitative estimate of drug-likeness (QED) is 0.454. The highest BCUT2D eigenvalue weighted by atomic mass is 79.9. The SMILES string of the molecule is S=C(N[NH+]=Cc1ccc(Br)o1)Nc1ccccc1. The van der Waals surface area contributed by atoms with E-state index in [-0.39, 0.29) is 0 Å². The molecule has 92 valence electrons. The van der Waals surface area contributed by atoms with Gasteiger partial charge in [-0.05, 0) is 52.4 Å². The normalized spacial score (nSPS) is 10.5.